The highest BCUT2D eigenvalue weighted by molar-refractivity contribution is 8.03. The van der Waals surface area contributed by atoms with Gasteiger partial charge in [0.2, 0.25) is 5.91 Å². The number of hydrogen-bond donors (Lipinski definition) is 2. The van der Waals surface area contributed by atoms with Gasteiger partial charge >= 0.3 is 0 Å². The van der Waals surface area contributed by atoms with Crippen LogP contribution in [0.4, 0.5) is 0 Å². The lowest BCUT2D eigenvalue weighted by Gasteiger charge is -2.48. The first kappa shape index (κ1) is 18.1. The number of thioether (sulfide) groups is 1. The maximum Gasteiger partial charge on any atom is 0.234 e. The Labute approximate surface area is 160 Å². The second kappa shape index (κ2) is 7.02. The molecule has 140 valence electrons. The third-order valence-corrected chi connectivity index (χ3v) is 7.69. The highest BCUT2D eigenvalue weighted by Gasteiger charge is 2.51. The summed E-state index contributed by atoms with van der Waals surface area (Å²) in [6.07, 6.45) is 3.46. The molecule has 2 fully saturated rings. The molecule has 2 heterocycles. The first-order valence-electron chi connectivity index (χ1n) is 9.54. The van der Waals surface area contributed by atoms with E-state index < -0.39 is 0 Å². The van der Waals surface area contributed by atoms with E-state index >= 15 is 0 Å². The zero-order valence-corrected chi connectivity index (χ0v) is 16.4. The second-order valence-corrected chi connectivity index (χ2v) is 9.18. The fourth-order valence-corrected chi connectivity index (χ4v) is 5.98. The molecule has 2 aliphatic heterocycles. The fraction of sp³-hybridized carbons (Fsp3) is 0.571. The van der Waals surface area contributed by atoms with Crippen molar-refractivity contribution >= 4 is 17.7 Å². The van der Waals surface area contributed by atoms with Crippen LogP contribution in [0.25, 0.3) is 0 Å². The molecule has 6 unspecified atom stereocenters. The van der Waals surface area contributed by atoms with E-state index in [2.05, 4.69) is 67.0 Å². The average Bonchev–Trinajstić information content (AvgIpc) is 3.12. The van der Waals surface area contributed by atoms with Gasteiger partial charge in [-0.25, -0.2) is 0 Å². The summed E-state index contributed by atoms with van der Waals surface area (Å²) >= 11 is 1.62. The summed E-state index contributed by atoms with van der Waals surface area (Å²) in [6.45, 7) is 2.20. The van der Waals surface area contributed by atoms with Crippen molar-refractivity contribution < 1.29 is 9.90 Å². The van der Waals surface area contributed by atoms with Crippen molar-refractivity contribution in [3.8, 4) is 0 Å². The van der Waals surface area contributed by atoms with E-state index in [9.17, 15) is 9.90 Å². The molecule has 0 radical (unpaired) electrons. The number of allylic oxidation sites excluding steroid dienone is 1. The fourth-order valence-electron chi connectivity index (χ4n) is 4.89. The van der Waals surface area contributed by atoms with Crippen LogP contribution in [0.5, 0.6) is 0 Å². The van der Waals surface area contributed by atoms with E-state index in [-0.39, 0.29) is 41.1 Å². The maximum absolute atomic E-state index is 12.4. The Morgan fingerprint density at radius 2 is 1.96 bits per heavy atom. The molecule has 26 heavy (non-hydrogen) atoms. The van der Waals surface area contributed by atoms with Gasteiger partial charge in [0.15, 0.2) is 0 Å². The molecule has 4 nitrogen and oxygen atoms in total. The molecule has 1 saturated carbocycles. The van der Waals surface area contributed by atoms with E-state index in [1.165, 1.54) is 11.1 Å². The van der Waals surface area contributed by atoms with Crippen LogP contribution in [0, 0.1) is 11.8 Å². The Hall–Kier alpha value is -1.30. The number of fused-ring (bicyclic) bond motifs is 3. The van der Waals surface area contributed by atoms with E-state index in [4.69, 9.17) is 0 Å². The molecule has 1 aromatic rings. The monoisotopic (exact) mass is 372 g/mol. The van der Waals surface area contributed by atoms with Crippen LogP contribution in [0.1, 0.15) is 42.9 Å². The Morgan fingerprint density at radius 3 is 2.65 bits per heavy atom. The van der Waals surface area contributed by atoms with Gasteiger partial charge in [0.05, 0.1) is 11.4 Å². The number of aliphatic hydroxyl groups is 1. The number of benzene rings is 1. The number of aliphatic hydroxyl groups excluding tert-OH is 1. The summed E-state index contributed by atoms with van der Waals surface area (Å²) in [7, 11) is 4.17. The van der Waals surface area contributed by atoms with Crippen molar-refractivity contribution in [2.75, 3.05) is 14.1 Å². The molecular formula is C21H28N2O2S. The van der Waals surface area contributed by atoms with Gasteiger partial charge < -0.3 is 15.3 Å². The minimum absolute atomic E-state index is 0.0305. The zero-order chi connectivity index (χ0) is 18.4. The predicted octanol–water partition coefficient (Wildman–Crippen LogP) is 2.91. The smallest absolute Gasteiger partial charge is 0.234 e. The van der Waals surface area contributed by atoms with Crippen molar-refractivity contribution in [2.24, 2.45) is 11.8 Å². The lowest BCUT2D eigenvalue weighted by atomic mass is 9.63. The van der Waals surface area contributed by atoms with Crippen molar-refractivity contribution in [1.82, 2.24) is 10.2 Å². The average molecular weight is 373 g/mol. The van der Waals surface area contributed by atoms with E-state index in [1.54, 1.807) is 11.8 Å². The van der Waals surface area contributed by atoms with Gasteiger partial charge in [-0.05, 0) is 56.3 Å². The molecule has 3 aliphatic rings. The van der Waals surface area contributed by atoms with Crippen LogP contribution in [0.3, 0.4) is 0 Å². The minimum atomic E-state index is -0.344. The standard InChI is InChI=1S/C21H28N2O2S/c1-12(23(2)3)13-4-6-14(7-5-13)18-17(24)9-8-16-19(18)15-10-11-26-20(15)21(25)22-16/h4-7,10-12,15-20,24H,8-9H2,1-3H3,(H,22,25)/t12-,15?,16?,17?,18?,19?,20?/m1/s1. The summed E-state index contributed by atoms with van der Waals surface area (Å²) in [6, 6.07) is 9.27. The van der Waals surface area contributed by atoms with Gasteiger partial charge in [0.1, 0.15) is 0 Å². The molecule has 5 heteroatoms. The Kier molecular flexibility index (Phi) is 4.88. The number of carbonyl (C=O) groups excluding carboxylic acids is 1. The minimum Gasteiger partial charge on any atom is -0.392 e. The largest absolute Gasteiger partial charge is 0.392 e. The number of nitrogens with one attached hydrogen (secondary N) is 1. The maximum atomic E-state index is 12.4. The molecule has 1 aromatic carbocycles. The number of rotatable bonds is 3. The first-order valence-corrected chi connectivity index (χ1v) is 10.5. The third kappa shape index (κ3) is 3.00. The van der Waals surface area contributed by atoms with Crippen LogP contribution in [0.15, 0.2) is 35.7 Å². The number of nitrogens with zero attached hydrogens (tertiary/aromatic N) is 1. The van der Waals surface area contributed by atoms with Gasteiger partial charge in [-0.15, -0.1) is 11.8 Å². The van der Waals surface area contributed by atoms with Gasteiger partial charge in [0.25, 0.3) is 0 Å². The molecule has 0 aromatic heterocycles. The molecule has 1 amide bonds. The lowest BCUT2D eigenvalue weighted by Crippen LogP contribution is -2.59. The lowest BCUT2D eigenvalue weighted by molar-refractivity contribution is -0.126. The Balaban J connectivity index is 1.65. The van der Waals surface area contributed by atoms with Crippen LogP contribution in [-0.2, 0) is 4.79 Å². The molecule has 0 bridgehead atoms. The molecule has 7 atom stereocenters. The van der Waals surface area contributed by atoms with Gasteiger partial charge in [-0.2, -0.15) is 0 Å². The number of carbonyl (C=O) groups is 1. The highest BCUT2D eigenvalue weighted by atomic mass is 32.2. The van der Waals surface area contributed by atoms with Crippen molar-refractivity contribution in [2.45, 2.75) is 49.1 Å². The molecule has 1 aliphatic carbocycles. The van der Waals surface area contributed by atoms with Crippen molar-refractivity contribution in [1.29, 1.82) is 0 Å². The molecule has 0 spiro atoms. The summed E-state index contributed by atoms with van der Waals surface area (Å²) in [5.41, 5.74) is 2.48. The number of hydrogen-bond acceptors (Lipinski definition) is 4. The molecular weight excluding hydrogens is 344 g/mol. The first-order chi connectivity index (χ1) is 12.5. The van der Waals surface area contributed by atoms with Gasteiger partial charge in [-0.3, -0.25) is 4.79 Å². The quantitative estimate of drug-likeness (QED) is 0.857. The van der Waals surface area contributed by atoms with E-state index in [0.717, 1.165) is 12.8 Å². The van der Waals surface area contributed by atoms with Gasteiger partial charge in [0, 0.05) is 23.9 Å². The molecule has 2 N–H and O–H groups in total. The SMILES string of the molecule is C[C@H](c1ccc(C2C(O)CCC3NC(=O)C4SC=CC4C32)cc1)N(C)C. The van der Waals surface area contributed by atoms with Gasteiger partial charge in [-0.1, -0.05) is 30.3 Å². The summed E-state index contributed by atoms with van der Waals surface area (Å²) in [5, 5.41) is 16.1. The van der Waals surface area contributed by atoms with Crippen LogP contribution >= 0.6 is 11.8 Å². The summed E-state index contributed by atoms with van der Waals surface area (Å²) in [4.78, 5) is 14.6. The molecule has 1 saturated heterocycles. The second-order valence-electron chi connectivity index (χ2n) is 8.13. The topological polar surface area (TPSA) is 52.6 Å². The van der Waals surface area contributed by atoms with E-state index in [0.29, 0.717) is 6.04 Å². The normalized spacial score (nSPS) is 37.2. The number of amides is 1. The summed E-state index contributed by atoms with van der Waals surface area (Å²) < 4.78 is 0. The highest BCUT2D eigenvalue weighted by Crippen LogP contribution is 2.50. The predicted molar refractivity (Wildman–Crippen MR) is 106 cm³/mol. The molecule has 4 rings (SSSR count). The van der Waals surface area contributed by atoms with Crippen LogP contribution in [-0.4, -0.2) is 47.4 Å². The Morgan fingerprint density at radius 1 is 1.23 bits per heavy atom. The van der Waals surface area contributed by atoms with Crippen molar-refractivity contribution in [3.63, 3.8) is 0 Å². The zero-order valence-electron chi connectivity index (χ0n) is 15.6. The van der Waals surface area contributed by atoms with Crippen LogP contribution < -0.4 is 5.32 Å². The third-order valence-electron chi connectivity index (χ3n) is 6.55. The Bertz CT molecular complexity index is 702. The summed E-state index contributed by atoms with van der Waals surface area (Å²) in [5.74, 6) is 0.731. The van der Waals surface area contributed by atoms with E-state index in [1.807, 2.05) is 0 Å². The number of piperidine rings is 1. The van der Waals surface area contributed by atoms with Crippen LogP contribution in [0.2, 0.25) is 0 Å². The van der Waals surface area contributed by atoms with Crippen molar-refractivity contribution in [3.05, 3.63) is 46.9 Å².